The van der Waals surface area contributed by atoms with Crippen molar-refractivity contribution in [3.05, 3.63) is 21.3 Å². The molecule has 2 N–H and O–H groups in total. The number of nitrogens with one attached hydrogen (secondary N) is 2. The minimum atomic E-state index is 0.0519. The number of carbonyl (C=O) groups is 1. The molecule has 0 aliphatic carbocycles. The van der Waals surface area contributed by atoms with E-state index in [0.29, 0.717) is 13.1 Å². The van der Waals surface area contributed by atoms with Crippen LogP contribution in [0.1, 0.15) is 18.2 Å². The minimum Gasteiger partial charge on any atom is -0.355 e. The van der Waals surface area contributed by atoms with Crippen LogP contribution < -0.4 is 10.6 Å². The predicted octanol–water partition coefficient (Wildman–Crippen LogP) is 2.06. The molecule has 5 heteroatoms. The first-order valence-corrected chi connectivity index (χ1v) is 6.63. The summed E-state index contributed by atoms with van der Waals surface area (Å²) < 4.78 is 0.797. The van der Waals surface area contributed by atoms with Crippen molar-refractivity contribution in [1.29, 1.82) is 0 Å². The number of hydrogen-bond acceptors (Lipinski definition) is 3. The summed E-state index contributed by atoms with van der Waals surface area (Å²) in [6.07, 6.45) is 1.89. The smallest absolute Gasteiger partial charge is 0.233 e. The highest BCUT2D eigenvalue weighted by Crippen LogP contribution is 2.21. The summed E-state index contributed by atoms with van der Waals surface area (Å²) in [4.78, 5) is 12.5. The Morgan fingerprint density at radius 1 is 1.44 bits per heavy atom. The number of hydrogen-bond donors (Lipinski definition) is 2. The van der Waals surface area contributed by atoms with E-state index in [1.54, 1.807) is 11.3 Å². The van der Waals surface area contributed by atoms with Gasteiger partial charge in [-0.25, -0.2) is 0 Å². The average Bonchev–Trinajstić information content (AvgIpc) is 2.65. The molecule has 0 aliphatic rings. The largest absolute Gasteiger partial charge is 0.355 e. The lowest BCUT2D eigenvalue weighted by atomic mass is 10.3. The highest BCUT2D eigenvalue weighted by Gasteiger charge is 2.01. The van der Waals surface area contributed by atoms with Crippen molar-refractivity contribution in [1.82, 2.24) is 10.6 Å². The molecule has 0 bridgehead atoms. The maximum atomic E-state index is 11.3. The number of amides is 1. The third-order valence-electron chi connectivity index (χ3n) is 2.03. The van der Waals surface area contributed by atoms with E-state index in [2.05, 4.69) is 17.6 Å². The van der Waals surface area contributed by atoms with E-state index in [0.717, 1.165) is 23.7 Å². The van der Waals surface area contributed by atoms with Crippen molar-refractivity contribution in [2.75, 3.05) is 19.6 Å². The first-order chi connectivity index (χ1) is 7.72. The number of thiophene rings is 1. The lowest BCUT2D eigenvalue weighted by Gasteiger charge is -2.04. The number of rotatable bonds is 7. The highest BCUT2D eigenvalue weighted by atomic mass is 35.5. The molecule has 16 heavy (non-hydrogen) atoms. The van der Waals surface area contributed by atoms with Gasteiger partial charge in [0.2, 0.25) is 5.91 Å². The Labute approximate surface area is 105 Å². The van der Waals surface area contributed by atoms with Crippen LogP contribution in [0.25, 0.3) is 0 Å². The third-order valence-corrected chi connectivity index (χ3v) is 3.33. The second-order valence-corrected chi connectivity index (χ2v) is 5.28. The van der Waals surface area contributed by atoms with Gasteiger partial charge < -0.3 is 10.6 Å². The Bertz CT molecular complexity index is 328. The van der Waals surface area contributed by atoms with Gasteiger partial charge in [-0.3, -0.25) is 4.79 Å². The molecule has 1 aromatic rings. The van der Waals surface area contributed by atoms with Crippen molar-refractivity contribution in [3.63, 3.8) is 0 Å². The molecule has 0 aliphatic heterocycles. The Kier molecular flexibility index (Phi) is 6.45. The zero-order valence-electron chi connectivity index (χ0n) is 9.38. The van der Waals surface area contributed by atoms with Crippen molar-refractivity contribution in [3.8, 4) is 0 Å². The standard InChI is InChI=1S/C11H17ClN2OS/c1-2-6-13-8-11(15)14-7-5-9-3-4-10(12)16-9/h3-4,13H,2,5-8H2,1H3,(H,14,15). The molecule has 1 rings (SSSR count). The minimum absolute atomic E-state index is 0.0519. The van der Waals surface area contributed by atoms with Crippen LogP contribution in [0, 0.1) is 0 Å². The summed E-state index contributed by atoms with van der Waals surface area (Å²) in [5.74, 6) is 0.0519. The second-order valence-electron chi connectivity index (χ2n) is 3.48. The normalized spacial score (nSPS) is 10.4. The van der Waals surface area contributed by atoms with Gasteiger partial charge >= 0.3 is 0 Å². The van der Waals surface area contributed by atoms with E-state index in [4.69, 9.17) is 11.6 Å². The van der Waals surface area contributed by atoms with E-state index in [1.165, 1.54) is 4.88 Å². The Balaban J connectivity index is 2.08. The van der Waals surface area contributed by atoms with E-state index in [1.807, 2.05) is 12.1 Å². The molecular formula is C11H17ClN2OS. The summed E-state index contributed by atoms with van der Waals surface area (Å²) in [7, 11) is 0. The van der Waals surface area contributed by atoms with Gasteiger partial charge in [0.05, 0.1) is 10.9 Å². The highest BCUT2D eigenvalue weighted by molar-refractivity contribution is 7.16. The fourth-order valence-corrected chi connectivity index (χ4v) is 2.34. The molecule has 0 radical (unpaired) electrons. The van der Waals surface area contributed by atoms with Crippen LogP contribution in [0.3, 0.4) is 0 Å². The fourth-order valence-electron chi connectivity index (χ4n) is 1.25. The summed E-state index contributed by atoms with van der Waals surface area (Å²) in [5.41, 5.74) is 0. The topological polar surface area (TPSA) is 41.1 Å². The van der Waals surface area contributed by atoms with Gasteiger partial charge in [0, 0.05) is 11.4 Å². The van der Waals surface area contributed by atoms with E-state index < -0.39 is 0 Å². The number of carbonyl (C=O) groups excluding carboxylic acids is 1. The van der Waals surface area contributed by atoms with Crippen molar-refractivity contribution >= 4 is 28.8 Å². The summed E-state index contributed by atoms with van der Waals surface area (Å²) >= 11 is 7.37. The molecule has 90 valence electrons. The van der Waals surface area contributed by atoms with Gasteiger partial charge in [0.15, 0.2) is 0 Å². The fraction of sp³-hybridized carbons (Fsp3) is 0.545. The summed E-state index contributed by atoms with van der Waals surface area (Å²) in [5, 5.41) is 5.92. The van der Waals surface area contributed by atoms with E-state index >= 15 is 0 Å². The Morgan fingerprint density at radius 2 is 2.25 bits per heavy atom. The quantitative estimate of drug-likeness (QED) is 0.737. The first-order valence-electron chi connectivity index (χ1n) is 5.44. The van der Waals surface area contributed by atoms with Crippen LogP contribution in [-0.4, -0.2) is 25.5 Å². The van der Waals surface area contributed by atoms with Crippen molar-refractivity contribution in [2.24, 2.45) is 0 Å². The molecule has 0 saturated heterocycles. The van der Waals surface area contributed by atoms with Crippen molar-refractivity contribution < 1.29 is 4.79 Å². The monoisotopic (exact) mass is 260 g/mol. The predicted molar refractivity (Wildman–Crippen MR) is 69.2 cm³/mol. The molecule has 0 fully saturated rings. The van der Waals surface area contributed by atoms with Gasteiger partial charge in [0.25, 0.3) is 0 Å². The summed E-state index contributed by atoms with van der Waals surface area (Å²) in [6.45, 7) is 4.03. The van der Waals surface area contributed by atoms with Crippen LogP contribution in [0.4, 0.5) is 0 Å². The lowest BCUT2D eigenvalue weighted by Crippen LogP contribution is -2.35. The van der Waals surface area contributed by atoms with Gasteiger partial charge in [0.1, 0.15) is 0 Å². The molecule has 0 spiro atoms. The van der Waals surface area contributed by atoms with E-state index in [9.17, 15) is 4.79 Å². The molecule has 3 nitrogen and oxygen atoms in total. The van der Waals surface area contributed by atoms with Gasteiger partial charge in [-0.15, -0.1) is 11.3 Å². The van der Waals surface area contributed by atoms with Crippen LogP contribution in [-0.2, 0) is 11.2 Å². The molecule has 1 amide bonds. The SMILES string of the molecule is CCCNCC(=O)NCCc1ccc(Cl)s1. The van der Waals surface area contributed by atoms with Crippen LogP contribution >= 0.6 is 22.9 Å². The molecule has 1 aromatic heterocycles. The molecule has 1 heterocycles. The van der Waals surface area contributed by atoms with Gasteiger partial charge in [-0.1, -0.05) is 18.5 Å². The van der Waals surface area contributed by atoms with Gasteiger partial charge in [-0.05, 0) is 31.5 Å². The summed E-state index contributed by atoms with van der Waals surface area (Å²) in [6, 6.07) is 3.88. The molecule has 0 saturated carbocycles. The Hall–Kier alpha value is -0.580. The van der Waals surface area contributed by atoms with Crippen LogP contribution in [0.2, 0.25) is 4.34 Å². The zero-order valence-corrected chi connectivity index (χ0v) is 11.0. The molecule has 0 unspecified atom stereocenters. The second kappa shape index (κ2) is 7.65. The maximum Gasteiger partial charge on any atom is 0.233 e. The van der Waals surface area contributed by atoms with Crippen LogP contribution in [0.5, 0.6) is 0 Å². The van der Waals surface area contributed by atoms with Crippen LogP contribution in [0.15, 0.2) is 12.1 Å². The Morgan fingerprint density at radius 3 is 2.88 bits per heavy atom. The molecular weight excluding hydrogens is 244 g/mol. The lowest BCUT2D eigenvalue weighted by molar-refractivity contribution is -0.120. The number of halogens is 1. The van der Waals surface area contributed by atoms with Gasteiger partial charge in [-0.2, -0.15) is 0 Å². The molecule has 0 atom stereocenters. The third kappa shape index (κ3) is 5.49. The maximum absolute atomic E-state index is 11.3. The first kappa shape index (κ1) is 13.5. The van der Waals surface area contributed by atoms with E-state index in [-0.39, 0.29) is 5.91 Å². The molecule has 0 aromatic carbocycles. The van der Waals surface area contributed by atoms with Crippen molar-refractivity contribution in [2.45, 2.75) is 19.8 Å². The average molecular weight is 261 g/mol. The zero-order chi connectivity index (χ0) is 11.8.